The number of pyridine rings is 1. The molecule has 0 amide bonds. The van der Waals surface area contributed by atoms with Crippen molar-refractivity contribution in [2.24, 2.45) is 5.73 Å². The van der Waals surface area contributed by atoms with Gasteiger partial charge in [-0.15, -0.1) is 11.3 Å². The van der Waals surface area contributed by atoms with Crippen LogP contribution in [0, 0.1) is 0 Å². The highest BCUT2D eigenvalue weighted by atomic mass is 32.1. The maximum atomic E-state index is 5.87. The molecule has 18 heavy (non-hydrogen) atoms. The SMILES string of the molecule is CC(N)c1cnc(-c2cncc3ccccc23)s1. The number of thiazole rings is 1. The molecule has 0 saturated carbocycles. The molecule has 0 radical (unpaired) electrons. The second-order valence-corrected chi connectivity index (χ2v) is 5.33. The molecule has 0 bridgehead atoms. The van der Waals surface area contributed by atoms with Gasteiger partial charge in [0.2, 0.25) is 0 Å². The quantitative estimate of drug-likeness (QED) is 0.763. The second kappa shape index (κ2) is 4.48. The van der Waals surface area contributed by atoms with Gasteiger partial charge in [-0.3, -0.25) is 4.98 Å². The van der Waals surface area contributed by atoms with Crippen LogP contribution in [0.2, 0.25) is 0 Å². The molecule has 0 aliphatic rings. The van der Waals surface area contributed by atoms with Gasteiger partial charge in [-0.2, -0.15) is 0 Å². The number of nitrogens with two attached hydrogens (primary N) is 1. The first-order valence-electron chi connectivity index (χ1n) is 5.80. The van der Waals surface area contributed by atoms with E-state index < -0.39 is 0 Å². The number of fused-ring (bicyclic) bond motifs is 1. The maximum Gasteiger partial charge on any atom is 0.125 e. The maximum absolute atomic E-state index is 5.87. The van der Waals surface area contributed by atoms with E-state index in [0.717, 1.165) is 20.8 Å². The number of aromatic nitrogens is 2. The summed E-state index contributed by atoms with van der Waals surface area (Å²) in [5, 5.41) is 3.29. The van der Waals surface area contributed by atoms with Gasteiger partial charge in [-0.1, -0.05) is 24.3 Å². The second-order valence-electron chi connectivity index (χ2n) is 4.26. The number of benzene rings is 1. The molecule has 0 saturated heterocycles. The van der Waals surface area contributed by atoms with Crippen molar-refractivity contribution in [1.82, 2.24) is 9.97 Å². The molecule has 2 heterocycles. The van der Waals surface area contributed by atoms with E-state index >= 15 is 0 Å². The summed E-state index contributed by atoms with van der Waals surface area (Å²) in [6.45, 7) is 1.97. The summed E-state index contributed by atoms with van der Waals surface area (Å²) in [6.07, 6.45) is 5.59. The smallest absolute Gasteiger partial charge is 0.125 e. The van der Waals surface area contributed by atoms with E-state index in [0.29, 0.717) is 0 Å². The summed E-state index contributed by atoms with van der Waals surface area (Å²) in [6, 6.07) is 8.24. The van der Waals surface area contributed by atoms with E-state index in [1.807, 2.05) is 37.6 Å². The van der Waals surface area contributed by atoms with Crippen molar-refractivity contribution in [1.29, 1.82) is 0 Å². The van der Waals surface area contributed by atoms with Gasteiger partial charge in [-0.05, 0) is 12.3 Å². The molecule has 2 N–H and O–H groups in total. The normalized spacial score (nSPS) is 12.8. The first-order chi connectivity index (χ1) is 8.75. The van der Waals surface area contributed by atoms with E-state index in [9.17, 15) is 0 Å². The summed E-state index contributed by atoms with van der Waals surface area (Å²) < 4.78 is 0. The van der Waals surface area contributed by atoms with Crippen LogP contribution in [0.5, 0.6) is 0 Å². The average Bonchev–Trinajstić information content (AvgIpc) is 2.87. The van der Waals surface area contributed by atoms with Gasteiger partial charge < -0.3 is 5.73 Å². The third kappa shape index (κ3) is 1.89. The van der Waals surface area contributed by atoms with Crippen LogP contribution in [0.3, 0.4) is 0 Å². The molecule has 1 atom stereocenters. The summed E-state index contributed by atoms with van der Waals surface area (Å²) in [5.74, 6) is 0. The predicted octanol–water partition coefficient (Wildman–Crippen LogP) is 3.38. The van der Waals surface area contributed by atoms with E-state index in [4.69, 9.17) is 5.73 Å². The Labute approximate surface area is 109 Å². The molecule has 3 nitrogen and oxygen atoms in total. The third-order valence-corrected chi connectivity index (χ3v) is 4.10. The zero-order chi connectivity index (χ0) is 12.5. The zero-order valence-corrected chi connectivity index (χ0v) is 10.8. The Kier molecular flexibility index (Phi) is 2.81. The van der Waals surface area contributed by atoms with Crippen LogP contribution >= 0.6 is 11.3 Å². The Morgan fingerprint density at radius 2 is 2.00 bits per heavy atom. The van der Waals surface area contributed by atoms with Crippen molar-refractivity contribution in [3.8, 4) is 10.6 Å². The summed E-state index contributed by atoms with van der Waals surface area (Å²) in [4.78, 5) is 9.83. The minimum atomic E-state index is 0.0270. The van der Waals surface area contributed by atoms with E-state index in [1.54, 1.807) is 11.3 Å². The molecule has 4 heteroatoms. The van der Waals surface area contributed by atoms with Crippen LogP contribution < -0.4 is 5.73 Å². The van der Waals surface area contributed by atoms with Crippen LogP contribution in [0.15, 0.2) is 42.9 Å². The highest BCUT2D eigenvalue weighted by Crippen LogP contribution is 2.32. The molecular formula is C14H13N3S. The van der Waals surface area contributed by atoms with Gasteiger partial charge in [0.05, 0.1) is 0 Å². The lowest BCUT2D eigenvalue weighted by molar-refractivity contribution is 0.835. The molecule has 3 aromatic rings. The fourth-order valence-corrected chi connectivity index (χ4v) is 2.80. The lowest BCUT2D eigenvalue weighted by atomic mass is 10.1. The van der Waals surface area contributed by atoms with Crippen molar-refractivity contribution in [3.05, 3.63) is 47.7 Å². The molecule has 0 aliphatic heterocycles. The van der Waals surface area contributed by atoms with Crippen LogP contribution in [0.1, 0.15) is 17.8 Å². The van der Waals surface area contributed by atoms with Crippen LogP contribution in [0.4, 0.5) is 0 Å². The van der Waals surface area contributed by atoms with Crippen LogP contribution in [-0.2, 0) is 0 Å². The molecule has 2 aromatic heterocycles. The number of hydrogen-bond donors (Lipinski definition) is 1. The molecule has 1 unspecified atom stereocenters. The highest BCUT2D eigenvalue weighted by molar-refractivity contribution is 7.15. The minimum absolute atomic E-state index is 0.0270. The number of nitrogens with zero attached hydrogens (tertiary/aromatic N) is 2. The number of hydrogen-bond acceptors (Lipinski definition) is 4. The molecule has 0 spiro atoms. The summed E-state index contributed by atoms with van der Waals surface area (Å²) >= 11 is 1.63. The van der Waals surface area contributed by atoms with Crippen molar-refractivity contribution < 1.29 is 0 Å². The summed E-state index contributed by atoms with van der Waals surface area (Å²) in [7, 11) is 0. The number of rotatable bonds is 2. The van der Waals surface area contributed by atoms with Gasteiger partial charge >= 0.3 is 0 Å². The Hall–Kier alpha value is -1.78. The highest BCUT2D eigenvalue weighted by Gasteiger charge is 2.10. The minimum Gasteiger partial charge on any atom is -0.323 e. The summed E-state index contributed by atoms with van der Waals surface area (Å²) in [5.41, 5.74) is 6.95. The largest absolute Gasteiger partial charge is 0.323 e. The molecule has 1 aromatic carbocycles. The first-order valence-corrected chi connectivity index (χ1v) is 6.62. The van der Waals surface area contributed by atoms with Crippen molar-refractivity contribution in [2.45, 2.75) is 13.0 Å². The topological polar surface area (TPSA) is 51.8 Å². The van der Waals surface area contributed by atoms with Crippen LogP contribution in [0.25, 0.3) is 21.3 Å². The van der Waals surface area contributed by atoms with Gasteiger partial charge in [-0.25, -0.2) is 4.98 Å². The zero-order valence-electron chi connectivity index (χ0n) is 10.00. The van der Waals surface area contributed by atoms with Gasteiger partial charge in [0.15, 0.2) is 0 Å². The molecule has 0 fully saturated rings. The Balaban J connectivity index is 2.18. The Bertz CT molecular complexity index is 683. The van der Waals surface area contributed by atoms with Gasteiger partial charge in [0.1, 0.15) is 5.01 Å². The third-order valence-electron chi connectivity index (χ3n) is 2.87. The Morgan fingerprint density at radius 1 is 1.17 bits per heavy atom. The van der Waals surface area contributed by atoms with Crippen molar-refractivity contribution in [2.75, 3.05) is 0 Å². The molecule has 3 rings (SSSR count). The van der Waals surface area contributed by atoms with E-state index in [2.05, 4.69) is 22.1 Å². The molecule has 0 aliphatic carbocycles. The lowest BCUT2D eigenvalue weighted by Gasteiger charge is -2.02. The van der Waals surface area contributed by atoms with E-state index in [1.165, 1.54) is 5.39 Å². The van der Waals surface area contributed by atoms with Gasteiger partial charge in [0.25, 0.3) is 0 Å². The van der Waals surface area contributed by atoms with E-state index in [-0.39, 0.29) is 6.04 Å². The monoisotopic (exact) mass is 255 g/mol. The van der Waals surface area contributed by atoms with Crippen molar-refractivity contribution in [3.63, 3.8) is 0 Å². The molecule has 90 valence electrons. The lowest BCUT2D eigenvalue weighted by Crippen LogP contribution is -2.01. The van der Waals surface area contributed by atoms with Crippen molar-refractivity contribution >= 4 is 22.1 Å². The fraction of sp³-hybridized carbons (Fsp3) is 0.143. The predicted molar refractivity (Wildman–Crippen MR) is 75.5 cm³/mol. The van der Waals surface area contributed by atoms with Crippen LogP contribution in [-0.4, -0.2) is 9.97 Å². The Morgan fingerprint density at radius 3 is 2.78 bits per heavy atom. The first kappa shape index (κ1) is 11.3. The van der Waals surface area contributed by atoms with Gasteiger partial charge in [0, 0.05) is 40.5 Å². The average molecular weight is 255 g/mol. The standard InChI is InChI=1S/C14H13N3S/c1-9(15)13-8-17-14(18-13)12-7-16-6-10-4-2-3-5-11(10)12/h2-9H,15H2,1H3. The molecular weight excluding hydrogens is 242 g/mol. The fourth-order valence-electron chi connectivity index (χ4n) is 1.91.